The fraction of sp³-hybridized carbons (Fsp3) is 0.444. The highest BCUT2D eigenvalue weighted by Gasteiger charge is 2.13. The average molecular weight is 179 g/mol. The maximum Gasteiger partial charge on any atom is 0.488 e. The third-order valence-electron chi connectivity index (χ3n) is 1.89. The summed E-state index contributed by atoms with van der Waals surface area (Å²) in [6, 6.07) is 3.40. The fourth-order valence-corrected chi connectivity index (χ4v) is 1.17. The predicted octanol–water partition coefficient (Wildman–Crippen LogP) is 0.193. The van der Waals surface area contributed by atoms with E-state index in [4.69, 9.17) is 10.0 Å². The lowest BCUT2D eigenvalue weighted by molar-refractivity contribution is 0.425. The van der Waals surface area contributed by atoms with Gasteiger partial charge < -0.3 is 10.0 Å². The molecule has 0 saturated carbocycles. The standard InChI is InChI=1S/C9H14BNO2/c1-6(2)9-5-8(10(12)13)4-7(3)11-9/h4-6,12-13H,1-3H3. The lowest BCUT2D eigenvalue weighted by Gasteiger charge is -2.08. The third kappa shape index (κ3) is 2.54. The lowest BCUT2D eigenvalue weighted by Crippen LogP contribution is -2.31. The van der Waals surface area contributed by atoms with Crippen molar-refractivity contribution in [3.8, 4) is 0 Å². The molecule has 4 heteroatoms. The van der Waals surface area contributed by atoms with E-state index in [9.17, 15) is 0 Å². The van der Waals surface area contributed by atoms with Crippen molar-refractivity contribution in [3.05, 3.63) is 23.5 Å². The van der Waals surface area contributed by atoms with Gasteiger partial charge in [-0.2, -0.15) is 0 Å². The molecule has 0 bridgehead atoms. The minimum absolute atomic E-state index is 0.303. The number of hydrogen-bond donors (Lipinski definition) is 2. The van der Waals surface area contributed by atoms with E-state index in [0.29, 0.717) is 11.4 Å². The molecule has 0 amide bonds. The Hall–Kier alpha value is -0.865. The summed E-state index contributed by atoms with van der Waals surface area (Å²) >= 11 is 0. The molecule has 0 aliphatic heterocycles. The highest BCUT2D eigenvalue weighted by Crippen LogP contribution is 2.10. The van der Waals surface area contributed by atoms with Crippen molar-refractivity contribution in [1.82, 2.24) is 4.98 Å². The number of aryl methyl sites for hydroxylation is 1. The monoisotopic (exact) mass is 179 g/mol. The molecule has 0 aliphatic rings. The van der Waals surface area contributed by atoms with Gasteiger partial charge in [-0.1, -0.05) is 13.8 Å². The largest absolute Gasteiger partial charge is 0.488 e. The molecule has 13 heavy (non-hydrogen) atoms. The van der Waals surface area contributed by atoms with Gasteiger partial charge in [0, 0.05) is 11.4 Å². The van der Waals surface area contributed by atoms with Crippen molar-refractivity contribution in [3.63, 3.8) is 0 Å². The summed E-state index contributed by atoms with van der Waals surface area (Å²) in [6.45, 7) is 5.89. The summed E-state index contributed by atoms with van der Waals surface area (Å²) in [4.78, 5) is 4.29. The molecule has 1 aromatic heterocycles. The van der Waals surface area contributed by atoms with E-state index in [1.165, 1.54) is 0 Å². The third-order valence-corrected chi connectivity index (χ3v) is 1.89. The molecule has 0 spiro atoms. The predicted molar refractivity (Wildman–Crippen MR) is 52.9 cm³/mol. The smallest absolute Gasteiger partial charge is 0.423 e. The molecule has 1 heterocycles. The first-order valence-corrected chi connectivity index (χ1v) is 4.35. The molecule has 0 aromatic carbocycles. The zero-order valence-electron chi connectivity index (χ0n) is 8.15. The summed E-state index contributed by atoms with van der Waals surface area (Å²) in [5, 5.41) is 18.0. The number of nitrogens with zero attached hydrogens (tertiary/aromatic N) is 1. The Kier molecular flexibility index (Phi) is 3.06. The molecule has 0 aliphatic carbocycles. The highest BCUT2D eigenvalue weighted by molar-refractivity contribution is 6.58. The van der Waals surface area contributed by atoms with E-state index >= 15 is 0 Å². The minimum atomic E-state index is -1.40. The van der Waals surface area contributed by atoms with Crippen molar-refractivity contribution < 1.29 is 10.0 Å². The van der Waals surface area contributed by atoms with Crippen LogP contribution >= 0.6 is 0 Å². The second-order valence-corrected chi connectivity index (χ2v) is 3.50. The SMILES string of the molecule is Cc1cc(B(O)O)cc(C(C)C)n1. The molecule has 1 rings (SSSR count). The Bertz CT molecular complexity index is 273. The normalized spacial score (nSPS) is 10.6. The Morgan fingerprint density at radius 3 is 2.38 bits per heavy atom. The summed E-state index contributed by atoms with van der Waals surface area (Å²) in [6.07, 6.45) is 0. The van der Waals surface area contributed by atoms with Crippen LogP contribution in [-0.4, -0.2) is 22.2 Å². The Morgan fingerprint density at radius 2 is 1.92 bits per heavy atom. The first-order valence-electron chi connectivity index (χ1n) is 4.35. The van der Waals surface area contributed by atoms with Gasteiger partial charge in [0.05, 0.1) is 0 Å². The van der Waals surface area contributed by atoms with E-state index in [0.717, 1.165) is 11.4 Å². The van der Waals surface area contributed by atoms with Crippen molar-refractivity contribution in [1.29, 1.82) is 0 Å². The van der Waals surface area contributed by atoms with Gasteiger partial charge in [-0.3, -0.25) is 4.98 Å². The summed E-state index contributed by atoms with van der Waals surface area (Å²) < 4.78 is 0. The average Bonchev–Trinajstić information content (AvgIpc) is 2.03. The van der Waals surface area contributed by atoms with Gasteiger partial charge in [0.2, 0.25) is 0 Å². The highest BCUT2D eigenvalue weighted by atomic mass is 16.4. The van der Waals surface area contributed by atoms with Crippen LogP contribution in [0.25, 0.3) is 0 Å². The van der Waals surface area contributed by atoms with Crippen LogP contribution in [0.3, 0.4) is 0 Å². The van der Waals surface area contributed by atoms with E-state index in [-0.39, 0.29) is 0 Å². The van der Waals surface area contributed by atoms with Crippen LogP contribution in [0.4, 0.5) is 0 Å². The quantitative estimate of drug-likeness (QED) is 0.637. The number of hydrogen-bond acceptors (Lipinski definition) is 3. The number of pyridine rings is 1. The molecule has 3 nitrogen and oxygen atoms in total. The van der Waals surface area contributed by atoms with Gasteiger partial charge in [0.15, 0.2) is 0 Å². The van der Waals surface area contributed by atoms with Crippen molar-refractivity contribution in [2.45, 2.75) is 26.7 Å². The molecule has 70 valence electrons. The molecular weight excluding hydrogens is 165 g/mol. The second-order valence-electron chi connectivity index (χ2n) is 3.50. The minimum Gasteiger partial charge on any atom is -0.423 e. The van der Waals surface area contributed by atoms with Crippen LogP contribution in [0.15, 0.2) is 12.1 Å². The first-order chi connectivity index (χ1) is 6.00. The molecule has 0 atom stereocenters. The first kappa shape index (κ1) is 10.2. The summed E-state index contributed by atoms with van der Waals surface area (Å²) in [7, 11) is -1.40. The molecule has 2 N–H and O–H groups in total. The van der Waals surface area contributed by atoms with Gasteiger partial charge in [-0.15, -0.1) is 0 Å². The topological polar surface area (TPSA) is 53.4 Å². The van der Waals surface area contributed by atoms with Crippen LogP contribution in [-0.2, 0) is 0 Å². The number of aromatic nitrogens is 1. The van der Waals surface area contributed by atoms with Crippen molar-refractivity contribution >= 4 is 12.6 Å². The Balaban J connectivity index is 3.11. The van der Waals surface area contributed by atoms with E-state index in [1.54, 1.807) is 12.1 Å². The van der Waals surface area contributed by atoms with Crippen LogP contribution in [0.1, 0.15) is 31.2 Å². The van der Waals surface area contributed by atoms with Crippen molar-refractivity contribution in [2.75, 3.05) is 0 Å². The zero-order valence-corrected chi connectivity index (χ0v) is 8.15. The fourth-order valence-electron chi connectivity index (χ4n) is 1.17. The van der Waals surface area contributed by atoms with Crippen LogP contribution in [0.2, 0.25) is 0 Å². The van der Waals surface area contributed by atoms with E-state index < -0.39 is 7.12 Å². The second kappa shape index (κ2) is 3.90. The van der Waals surface area contributed by atoms with Crippen LogP contribution < -0.4 is 5.46 Å². The molecule has 0 unspecified atom stereocenters. The molecule has 1 aromatic rings. The molecular formula is C9H14BNO2. The van der Waals surface area contributed by atoms with Gasteiger partial charge in [-0.25, -0.2) is 0 Å². The van der Waals surface area contributed by atoms with E-state index in [1.807, 2.05) is 20.8 Å². The van der Waals surface area contributed by atoms with E-state index in [2.05, 4.69) is 4.98 Å². The van der Waals surface area contributed by atoms with Crippen molar-refractivity contribution in [2.24, 2.45) is 0 Å². The Morgan fingerprint density at radius 1 is 1.31 bits per heavy atom. The molecule has 0 saturated heterocycles. The van der Waals surface area contributed by atoms with Gasteiger partial charge in [0.1, 0.15) is 0 Å². The number of rotatable bonds is 2. The molecule has 0 radical (unpaired) electrons. The maximum absolute atomic E-state index is 8.98. The van der Waals surface area contributed by atoms with Gasteiger partial charge >= 0.3 is 7.12 Å². The summed E-state index contributed by atoms with van der Waals surface area (Å²) in [5.74, 6) is 0.303. The Labute approximate surface area is 78.6 Å². The van der Waals surface area contributed by atoms with Crippen LogP contribution in [0.5, 0.6) is 0 Å². The summed E-state index contributed by atoms with van der Waals surface area (Å²) in [5.41, 5.74) is 2.22. The van der Waals surface area contributed by atoms with Crippen LogP contribution in [0, 0.1) is 6.92 Å². The molecule has 0 fully saturated rings. The zero-order chi connectivity index (χ0) is 10.0. The van der Waals surface area contributed by atoms with Gasteiger partial charge in [0.25, 0.3) is 0 Å². The van der Waals surface area contributed by atoms with Gasteiger partial charge in [-0.05, 0) is 30.4 Å². The lowest BCUT2D eigenvalue weighted by atomic mass is 9.79. The maximum atomic E-state index is 8.98.